The molecule has 2 aromatic carbocycles. The van der Waals surface area contributed by atoms with Crippen molar-refractivity contribution >= 4 is 0 Å². The van der Waals surface area contributed by atoms with Crippen LogP contribution in [0.15, 0.2) is 48.5 Å². The van der Waals surface area contributed by atoms with Crippen molar-refractivity contribution < 1.29 is 10.2 Å². The van der Waals surface area contributed by atoms with E-state index in [1.165, 1.54) is 24.0 Å². The summed E-state index contributed by atoms with van der Waals surface area (Å²) in [4.78, 5) is 2.40. The summed E-state index contributed by atoms with van der Waals surface area (Å²) in [6.07, 6.45) is 2.99. The predicted molar refractivity (Wildman–Crippen MR) is 111 cm³/mol. The average Bonchev–Trinajstić information content (AvgIpc) is 2.68. The van der Waals surface area contributed by atoms with Crippen molar-refractivity contribution in [1.29, 1.82) is 0 Å². The maximum Gasteiger partial charge on any atom is 0.115 e. The molecule has 146 valence electrons. The molecule has 2 N–H and O–H groups in total. The molecular weight excluding hydrogens is 334 g/mol. The smallest absolute Gasteiger partial charge is 0.115 e. The number of aliphatic hydroxyl groups excluding tert-OH is 1. The lowest BCUT2D eigenvalue weighted by Gasteiger charge is -2.38. The predicted octanol–water partition coefficient (Wildman–Crippen LogP) is 4.89. The molecule has 2 unspecified atom stereocenters. The summed E-state index contributed by atoms with van der Waals surface area (Å²) in [5, 5.41) is 20.1. The first-order valence-corrected chi connectivity index (χ1v) is 10.2. The minimum absolute atomic E-state index is 0.0831. The lowest BCUT2D eigenvalue weighted by molar-refractivity contribution is 0.0373. The molecule has 27 heavy (non-hydrogen) atoms. The topological polar surface area (TPSA) is 43.7 Å². The average molecular weight is 368 g/mol. The number of phenols is 1. The van der Waals surface area contributed by atoms with E-state index in [0.717, 1.165) is 31.0 Å². The van der Waals surface area contributed by atoms with Crippen molar-refractivity contribution in [3.8, 4) is 5.75 Å². The molecule has 2 aromatic rings. The number of phenolic OH excluding ortho intramolecular Hbond substituents is 1. The normalized spacial score (nSPS) is 18.6. The first kappa shape index (κ1) is 19.9. The maximum atomic E-state index is 10.7. The summed E-state index contributed by atoms with van der Waals surface area (Å²) in [7, 11) is 0. The van der Waals surface area contributed by atoms with Crippen LogP contribution in [0.2, 0.25) is 0 Å². The van der Waals surface area contributed by atoms with Crippen molar-refractivity contribution in [3.05, 3.63) is 65.2 Å². The lowest BCUT2D eigenvalue weighted by Crippen LogP contribution is -2.43. The Kier molecular flexibility index (Phi) is 6.56. The summed E-state index contributed by atoms with van der Waals surface area (Å²) in [5.41, 5.74) is 3.75. The summed E-state index contributed by atoms with van der Waals surface area (Å²) in [6.45, 7) is 8.66. The second-order valence-corrected chi connectivity index (χ2v) is 8.36. The van der Waals surface area contributed by atoms with Crippen LogP contribution >= 0.6 is 0 Å². The van der Waals surface area contributed by atoms with Gasteiger partial charge in [-0.25, -0.2) is 0 Å². The third-order valence-electron chi connectivity index (χ3n) is 6.06. The molecule has 0 radical (unpaired) electrons. The second-order valence-electron chi connectivity index (χ2n) is 8.36. The molecule has 1 aliphatic rings. The van der Waals surface area contributed by atoms with Gasteiger partial charge in [-0.1, -0.05) is 50.2 Å². The summed E-state index contributed by atoms with van der Waals surface area (Å²) < 4.78 is 0. The molecule has 0 saturated carbocycles. The molecule has 1 saturated heterocycles. The number of likely N-dealkylation sites (tertiary alicyclic amines) is 1. The molecule has 0 aromatic heterocycles. The van der Waals surface area contributed by atoms with Gasteiger partial charge in [-0.05, 0) is 79.9 Å². The Hall–Kier alpha value is -1.84. The first-order valence-electron chi connectivity index (χ1n) is 10.2. The lowest BCUT2D eigenvalue weighted by atomic mass is 9.88. The number of nitrogens with zero attached hydrogens (tertiary/aromatic N) is 1. The number of benzene rings is 2. The Morgan fingerprint density at radius 1 is 0.963 bits per heavy atom. The number of hydrogen-bond acceptors (Lipinski definition) is 3. The Balaban J connectivity index is 1.53. The van der Waals surface area contributed by atoms with Crippen LogP contribution in [-0.4, -0.2) is 34.2 Å². The second kappa shape index (κ2) is 8.90. The van der Waals surface area contributed by atoms with E-state index in [-0.39, 0.29) is 11.8 Å². The third-order valence-corrected chi connectivity index (χ3v) is 6.06. The van der Waals surface area contributed by atoms with Gasteiger partial charge in [0.2, 0.25) is 0 Å². The molecule has 1 aliphatic heterocycles. The number of aromatic hydroxyl groups is 1. The number of rotatable bonds is 6. The molecule has 0 spiro atoms. The molecule has 3 nitrogen and oxygen atoms in total. The van der Waals surface area contributed by atoms with Crippen LogP contribution < -0.4 is 0 Å². The van der Waals surface area contributed by atoms with Crippen molar-refractivity contribution in [2.75, 3.05) is 13.1 Å². The molecule has 0 bridgehead atoms. The monoisotopic (exact) mass is 367 g/mol. The van der Waals surface area contributed by atoms with E-state index < -0.39 is 6.10 Å². The van der Waals surface area contributed by atoms with Crippen LogP contribution in [0.25, 0.3) is 0 Å². The van der Waals surface area contributed by atoms with Crippen LogP contribution in [-0.2, 0) is 6.42 Å². The van der Waals surface area contributed by atoms with Crippen LogP contribution in [0.3, 0.4) is 0 Å². The van der Waals surface area contributed by atoms with Gasteiger partial charge in [0, 0.05) is 6.04 Å². The Bertz CT molecular complexity index is 717. The highest BCUT2D eigenvalue weighted by molar-refractivity contribution is 5.28. The zero-order chi connectivity index (χ0) is 19.4. The van der Waals surface area contributed by atoms with Gasteiger partial charge >= 0.3 is 0 Å². The molecule has 0 aliphatic carbocycles. The highest BCUT2D eigenvalue weighted by Crippen LogP contribution is 2.28. The van der Waals surface area contributed by atoms with E-state index in [4.69, 9.17) is 0 Å². The fraction of sp³-hybridized carbons (Fsp3) is 0.500. The van der Waals surface area contributed by atoms with Crippen LogP contribution in [0.5, 0.6) is 5.75 Å². The summed E-state index contributed by atoms with van der Waals surface area (Å²) in [6, 6.07) is 16.0. The maximum absolute atomic E-state index is 10.7. The van der Waals surface area contributed by atoms with Gasteiger partial charge in [0.1, 0.15) is 5.75 Å². The van der Waals surface area contributed by atoms with E-state index in [9.17, 15) is 10.2 Å². The highest BCUT2D eigenvalue weighted by atomic mass is 16.3. The van der Waals surface area contributed by atoms with Gasteiger partial charge < -0.3 is 10.2 Å². The third kappa shape index (κ3) is 5.12. The zero-order valence-corrected chi connectivity index (χ0v) is 16.8. The van der Waals surface area contributed by atoms with Crippen molar-refractivity contribution in [2.45, 2.75) is 58.1 Å². The standard InChI is InChI=1S/C24H33NO2/c1-17(2)22-6-4-5-20(16-22)15-19-11-13-25(14-12-19)18(3)24(27)21-7-9-23(26)10-8-21/h4-10,16-19,24,26-27H,11-15H2,1-3H3. The summed E-state index contributed by atoms with van der Waals surface area (Å²) in [5.74, 6) is 1.54. The van der Waals surface area contributed by atoms with Gasteiger partial charge in [0.25, 0.3) is 0 Å². The minimum atomic E-state index is -0.523. The minimum Gasteiger partial charge on any atom is -0.508 e. The van der Waals surface area contributed by atoms with Crippen LogP contribution in [0, 0.1) is 5.92 Å². The van der Waals surface area contributed by atoms with Gasteiger partial charge in [-0.3, -0.25) is 4.90 Å². The molecule has 2 atom stereocenters. The molecule has 3 rings (SSSR count). The molecule has 1 heterocycles. The van der Waals surface area contributed by atoms with E-state index in [1.54, 1.807) is 12.1 Å². The Morgan fingerprint density at radius 2 is 1.63 bits per heavy atom. The van der Waals surface area contributed by atoms with Gasteiger partial charge in [0.05, 0.1) is 6.10 Å². The highest BCUT2D eigenvalue weighted by Gasteiger charge is 2.27. The van der Waals surface area contributed by atoms with Crippen LogP contribution in [0.4, 0.5) is 0 Å². The van der Waals surface area contributed by atoms with Gasteiger partial charge in [0.15, 0.2) is 0 Å². The molecular formula is C24H33NO2. The molecule has 0 amide bonds. The van der Waals surface area contributed by atoms with E-state index in [2.05, 4.69) is 49.9 Å². The first-order chi connectivity index (χ1) is 12.9. The van der Waals surface area contributed by atoms with E-state index in [0.29, 0.717) is 5.92 Å². The van der Waals surface area contributed by atoms with Gasteiger partial charge in [-0.15, -0.1) is 0 Å². The van der Waals surface area contributed by atoms with Crippen molar-refractivity contribution in [1.82, 2.24) is 4.90 Å². The fourth-order valence-electron chi connectivity index (χ4n) is 4.13. The van der Waals surface area contributed by atoms with Gasteiger partial charge in [-0.2, -0.15) is 0 Å². The Labute approximate surface area is 163 Å². The zero-order valence-electron chi connectivity index (χ0n) is 16.8. The summed E-state index contributed by atoms with van der Waals surface area (Å²) >= 11 is 0. The van der Waals surface area contributed by atoms with E-state index >= 15 is 0 Å². The Morgan fingerprint density at radius 3 is 2.26 bits per heavy atom. The van der Waals surface area contributed by atoms with Crippen molar-refractivity contribution in [3.63, 3.8) is 0 Å². The molecule has 3 heteroatoms. The molecule has 1 fully saturated rings. The fourth-order valence-corrected chi connectivity index (χ4v) is 4.13. The number of aliphatic hydroxyl groups is 1. The largest absolute Gasteiger partial charge is 0.508 e. The quantitative estimate of drug-likeness (QED) is 0.764. The van der Waals surface area contributed by atoms with E-state index in [1.807, 2.05) is 12.1 Å². The number of hydrogen-bond donors (Lipinski definition) is 2. The van der Waals surface area contributed by atoms with Crippen molar-refractivity contribution in [2.24, 2.45) is 5.92 Å². The number of piperidine rings is 1. The van der Waals surface area contributed by atoms with Crippen LogP contribution in [0.1, 0.15) is 62.3 Å². The SMILES string of the molecule is CC(C)c1cccc(CC2CCN(C(C)C(O)c3ccc(O)cc3)CC2)c1.